The number of rotatable bonds is 5. The van der Waals surface area contributed by atoms with Crippen LogP contribution in [0.25, 0.3) is 0 Å². The molecule has 3 fully saturated rings. The quantitative estimate of drug-likeness (QED) is 0.573. The number of halogens is 1. The van der Waals surface area contributed by atoms with Gasteiger partial charge in [-0.15, -0.1) is 0 Å². The molecule has 1 aliphatic carbocycles. The highest BCUT2D eigenvalue weighted by atomic mass is 35.5. The molecule has 2 aliphatic heterocycles. The van der Waals surface area contributed by atoms with E-state index in [1.54, 1.807) is 17.0 Å². The molecule has 4 atom stereocenters. The van der Waals surface area contributed by atoms with Gasteiger partial charge < -0.3 is 26.2 Å². The number of hydrogen-bond acceptors (Lipinski definition) is 4. The fourth-order valence-corrected chi connectivity index (χ4v) is 6.69. The van der Waals surface area contributed by atoms with Crippen molar-refractivity contribution < 1.29 is 19.2 Å². The minimum Gasteiger partial charge on any atom is -0.368 e. The summed E-state index contributed by atoms with van der Waals surface area (Å²) < 4.78 is 0. The molecule has 2 heterocycles. The summed E-state index contributed by atoms with van der Waals surface area (Å²) in [7, 11) is 0. The zero-order valence-corrected chi connectivity index (χ0v) is 24.2. The highest BCUT2D eigenvalue weighted by molar-refractivity contribution is 6.30. The van der Waals surface area contributed by atoms with Gasteiger partial charge in [-0.2, -0.15) is 0 Å². The van der Waals surface area contributed by atoms with E-state index in [2.05, 4.69) is 6.92 Å². The van der Waals surface area contributed by atoms with Gasteiger partial charge in [0.15, 0.2) is 0 Å². The van der Waals surface area contributed by atoms with E-state index in [1.165, 1.54) is 4.90 Å². The Kier molecular flexibility index (Phi) is 8.50. The highest BCUT2D eigenvalue weighted by Gasteiger charge is 2.50. The molecule has 3 aliphatic rings. The van der Waals surface area contributed by atoms with Crippen molar-refractivity contribution >= 4 is 35.4 Å². The van der Waals surface area contributed by atoms with Crippen molar-refractivity contribution in [2.24, 2.45) is 28.7 Å². The number of urea groups is 1. The molecular weight excluding hydrogens is 518 g/mol. The molecule has 0 unspecified atom stereocenters. The third kappa shape index (κ3) is 6.18. The summed E-state index contributed by atoms with van der Waals surface area (Å²) in [5, 5.41) is 0.572. The third-order valence-corrected chi connectivity index (χ3v) is 9.04. The van der Waals surface area contributed by atoms with Gasteiger partial charge >= 0.3 is 6.03 Å². The lowest BCUT2D eigenvalue weighted by Crippen LogP contribution is -2.53. The Morgan fingerprint density at radius 2 is 1.54 bits per heavy atom. The standard InChI is InChI=1S/C29H42ClN5O4/c1-17-5-11-20(12-6-17)35(27(38)29(2,3)4)21-13-24(25(31)36)34(14-21)26(37)23-16-33(28(32)39)15-22(23)18-7-9-19(30)10-8-18/h7-10,17,20-24H,5-6,11-16H2,1-4H3,(H2,31,36)(H2,32,39)/t17?,20?,21-,22-,23+,24-/m0/s1. The van der Waals surface area contributed by atoms with Gasteiger partial charge in [0.05, 0.1) is 12.0 Å². The number of benzene rings is 1. The first-order chi connectivity index (χ1) is 18.3. The van der Waals surface area contributed by atoms with Crippen molar-refractivity contribution in [1.82, 2.24) is 14.7 Å². The SMILES string of the molecule is CC1CCC(N(C(=O)C(C)(C)C)[C@H]2C[C@@H](C(N)=O)N(C(=O)[C@@H]3CN(C(N)=O)C[C@H]3c3ccc(Cl)cc3)C2)CC1. The maximum absolute atomic E-state index is 14.1. The molecule has 4 N–H and O–H groups in total. The third-order valence-electron chi connectivity index (χ3n) is 8.79. The van der Waals surface area contributed by atoms with Crippen molar-refractivity contribution in [2.45, 2.75) is 83.8 Å². The number of amides is 5. The summed E-state index contributed by atoms with van der Waals surface area (Å²) in [4.78, 5) is 57.7. The Hall–Kier alpha value is -2.81. The Bertz CT molecular complexity index is 1100. The Labute approximate surface area is 236 Å². The van der Waals surface area contributed by atoms with Crippen molar-refractivity contribution in [3.8, 4) is 0 Å². The second-order valence-corrected chi connectivity index (χ2v) is 13.1. The van der Waals surface area contributed by atoms with Crippen LogP contribution in [0.4, 0.5) is 4.79 Å². The summed E-state index contributed by atoms with van der Waals surface area (Å²) in [6.07, 6.45) is 4.21. The van der Waals surface area contributed by atoms with Crippen LogP contribution in [0, 0.1) is 17.3 Å². The lowest BCUT2D eigenvalue weighted by Gasteiger charge is -2.42. The van der Waals surface area contributed by atoms with Crippen molar-refractivity contribution in [2.75, 3.05) is 19.6 Å². The molecule has 9 nitrogen and oxygen atoms in total. The van der Waals surface area contributed by atoms with Crippen LogP contribution in [0.1, 0.15) is 71.3 Å². The van der Waals surface area contributed by atoms with E-state index in [0.717, 1.165) is 31.2 Å². The minimum absolute atomic E-state index is 0.0318. The molecule has 0 radical (unpaired) electrons. The smallest absolute Gasteiger partial charge is 0.314 e. The van der Waals surface area contributed by atoms with Crippen LogP contribution < -0.4 is 11.5 Å². The normalized spacial score (nSPS) is 29.4. The summed E-state index contributed by atoms with van der Waals surface area (Å²) in [6, 6.07) is 5.56. The predicted octanol–water partition coefficient (Wildman–Crippen LogP) is 3.34. The van der Waals surface area contributed by atoms with E-state index in [1.807, 2.05) is 37.8 Å². The zero-order valence-electron chi connectivity index (χ0n) is 23.4. The van der Waals surface area contributed by atoms with Gasteiger partial charge in [-0.05, 0) is 55.7 Å². The molecule has 214 valence electrons. The van der Waals surface area contributed by atoms with Gasteiger partial charge in [0, 0.05) is 42.0 Å². The van der Waals surface area contributed by atoms with E-state index in [0.29, 0.717) is 23.9 Å². The molecule has 0 aromatic heterocycles. The fourth-order valence-electron chi connectivity index (χ4n) is 6.56. The second kappa shape index (κ2) is 11.4. The molecule has 0 bridgehead atoms. The molecule has 1 aromatic rings. The van der Waals surface area contributed by atoms with Crippen LogP contribution >= 0.6 is 11.6 Å². The summed E-state index contributed by atoms with van der Waals surface area (Å²) in [5.74, 6) is -1.08. The number of hydrogen-bond donors (Lipinski definition) is 2. The van der Waals surface area contributed by atoms with Gasteiger partial charge in [-0.1, -0.05) is 51.4 Å². The van der Waals surface area contributed by atoms with Gasteiger partial charge in [0.2, 0.25) is 17.7 Å². The number of likely N-dealkylation sites (tertiary alicyclic amines) is 2. The maximum Gasteiger partial charge on any atom is 0.314 e. The maximum atomic E-state index is 14.1. The first-order valence-corrected chi connectivity index (χ1v) is 14.4. The monoisotopic (exact) mass is 559 g/mol. The summed E-state index contributed by atoms with van der Waals surface area (Å²) in [6.45, 7) is 8.64. The fraction of sp³-hybridized carbons (Fsp3) is 0.655. The van der Waals surface area contributed by atoms with Crippen LogP contribution in [-0.4, -0.2) is 76.2 Å². The minimum atomic E-state index is -0.825. The van der Waals surface area contributed by atoms with Crippen LogP contribution in [0.15, 0.2) is 24.3 Å². The average Bonchev–Trinajstić information content (AvgIpc) is 3.51. The largest absolute Gasteiger partial charge is 0.368 e. The molecule has 5 amide bonds. The van der Waals surface area contributed by atoms with E-state index in [9.17, 15) is 19.2 Å². The predicted molar refractivity (Wildman–Crippen MR) is 150 cm³/mol. The number of primary amides is 2. The lowest BCUT2D eigenvalue weighted by atomic mass is 9.84. The number of carbonyl (C=O) groups is 4. The number of nitrogens with two attached hydrogens (primary N) is 2. The molecule has 2 saturated heterocycles. The van der Waals surface area contributed by atoms with Gasteiger partial charge in [-0.25, -0.2) is 4.79 Å². The zero-order chi connectivity index (χ0) is 28.6. The molecular formula is C29H42ClN5O4. The average molecular weight is 560 g/mol. The Balaban J connectivity index is 1.63. The molecule has 0 spiro atoms. The van der Waals surface area contributed by atoms with E-state index in [-0.39, 0.29) is 42.9 Å². The molecule has 1 aromatic carbocycles. The van der Waals surface area contributed by atoms with Crippen LogP contribution in [-0.2, 0) is 14.4 Å². The van der Waals surface area contributed by atoms with Gasteiger partial charge in [0.25, 0.3) is 0 Å². The number of carbonyl (C=O) groups excluding carboxylic acids is 4. The van der Waals surface area contributed by atoms with Crippen molar-refractivity contribution in [3.63, 3.8) is 0 Å². The summed E-state index contributed by atoms with van der Waals surface area (Å²) >= 11 is 6.09. The molecule has 10 heteroatoms. The summed E-state index contributed by atoms with van der Waals surface area (Å²) in [5.41, 5.74) is 11.7. The topological polar surface area (TPSA) is 130 Å². The van der Waals surface area contributed by atoms with Crippen molar-refractivity contribution in [3.05, 3.63) is 34.9 Å². The Morgan fingerprint density at radius 3 is 2.08 bits per heavy atom. The van der Waals surface area contributed by atoms with E-state index >= 15 is 0 Å². The molecule has 39 heavy (non-hydrogen) atoms. The van der Waals surface area contributed by atoms with Crippen molar-refractivity contribution in [1.29, 1.82) is 0 Å². The van der Waals surface area contributed by atoms with E-state index < -0.39 is 29.3 Å². The number of nitrogens with zero attached hydrogens (tertiary/aromatic N) is 3. The molecule has 4 rings (SSSR count). The van der Waals surface area contributed by atoms with Crippen LogP contribution in [0.2, 0.25) is 5.02 Å². The lowest BCUT2D eigenvalue weighted by molar-refractivity contribution is -0.146. The molecule has 1 saturated carbocycles. The second-order valence-electron chi connectivity index (χ2n) is 12.7. The van der Waals surface area contributed by atoms with E-state index in [4.69, 9.17) is 23.1 Å². The van der Waals surface area contributed by atoms with Crippen LogP contribution in [0.3, 0.4) is 0 Å². The van der Waals surface area contributed by atoms with Crippen LogP contribution in [0.5, 0.6) is 0 Å². The Morgan fingerprint density at radius 1 is 0.923 bits per heavy atom. The highest BCUT2D eigenvalue weighted by Crippen LogP contribution is 2.38. The first kappa shape index (κ1) is 29.2. The van der Waals surface area contributed by atoms with Gasteiger partial charge in [-0.3, -0.25) is 14.4 Å². The van der Waals surface area contributed by atoms with Gasteiger partial charge in [0.1, 0.15) is 6.04 Å². The first-order valence-electron chi connectivity index (χ1n) is 14.0.